The number of nitrogens with zero attached hydrogens (tertiary/aromatic N) is 3. The molecule has 0 atom stereocenters. The van der Waals surface area contributed by atoms with Crippen LogP contribution >= 0.6 is 0 Å². The smallest absolute Gasteiger partial charge is 0.0640 e. The molecule has 2 aromatic rings. The first-order valence-electron chi connectivity index (χ1n) is 6.83. The van der Waals surface area contributed by atoms with Crippen molar-refractivity contribution in [3.8, 4) is 6.07 Å². The fourth-order valence-electron chi connectivity index (χ4n) is 2.43. The van der Waals surface area contributed by atoms with Crippen molar-refractivity contribution in [1.82, 2.24) is 4.98 Å². The predicted octanol–water partition coefficient (Wildman–Crippen LogP) is 3.25. The summed E-state index contributed by atoms with van der Waals surface area (Å²) in [6, 6.07) is 8.55. The number of pyridine rings is 1. The van der Waals surface area contributed by atoms with Crippen molar-refractivity contribution >= 4 is 22.1 Å². The van der Waals surface area contributed by atoms with Crippen LogP contribution in [-0.4, -0.2) is 17.6 Å². The first-order chi connectivity index (χ1) is 9.54. The molecule has 0 radical (unpaired) electrons. The molecule has 1 aromatic heterocycles. The molecule has 0 amide bonds. The van der Waals surface area contributed by atoms with Gasteiger partial charge in [-0.2, -0.15) is 5.26 Å². The summed E-state index contributed by atoms with van der Waals surface area (Å²) in [4.78, 5) is 6.57. The Kier molecular flexibility index (Phi) is 4.09. The molecule has 0 saturated carbocycles. The molecule has 2 N–H and O–H groups in total. The van der Waals surface area contributed by atoms with Crippen molar-refractivity contribution in [2.24, 2.45) is 0 Å². The number of aromatic nitrogens is 1. The molecule has 4 heteroatoms. The summed E-state index contributed by atoms with van der Waals surface area (Å²) in [5.74, 6) is 0. The molecule has 0 fully saturated rings. The number of hydrogen-bond donors (Lipinski definition) is 1. The number of nitrogen functional groups attached to an aromatic ring is 1. The zero-order chi connectivity index (χ0) is 14.7. The van der Waals surface area contributed by atoms with E-state index in [4.69, 9.17) is 11.0 Å². The van der Waals surface area contributed by atoms with Gasteiger partial charge in [-0.05, 0) is 39.0 Å². The standard InChI is InChI=1S/C16H20N4/c1-11(2)20(8-4-7-17)16-6-5-15(18)14-10-19-12(3)9-13(14)16/h5-6,9-11H,4,8,18H2,1-3H3. The molecule has 0 saturated heterocycles. The van der Waals surface area contributed by atoms with E-state index in [-0.39, 0.29) is 0 Å². The lowest BCUT2D eigenvalue weighted by Gasteiger charge is -2.29. The van der Waals surface area contributed by atoms with Crippen LogP contribution in [0.2, 0.25) is 0 Å². The molecule has 0 unspecified atom stereocenters. The Morgan fingerprint density at radius 1 is 1.35 bits per heavy atom. The van der Waals surface area contributed by atoms with Crippen LogP contribution in [0.25, 0.3) is 10.8 Å². The number of anilines is 2. The van der Waals surface area contributed by atoms with Crippen molar-refractivity contribution in [1.29, 1.82) is 5.26 Å². The second kappa shape index (κ2) is 5.79. The Labute approximate surface area is 119 Å². The zero-order valence-electron chi connectivity index (χ0n) is 12.2. The first kappa shape index (κ1) is 14.1. The Hall–Kier alpha value is -2.28. The maximum atomic E-state index is 8.84. The van der Waals surface area contributed by atoms with Crippen LogP contribution in [0.4, 0.5) is 11.4 Å². The van der Waals surface area contributed by atoms with Gasteiger partial charge in [0.25, 0.3) is 0 Å². The minimum atomic E-state index is 0.323. The number of nitriles is 1. The lowest BCUT2D eigenvalue weighted by Crippen LogP contribution is -2.31. The van der Waals surface area contributed by atoms with Crippen molar-refractivity contribution in [3.05, 3.63) is 30.1 Å². The minimum Gasteiger partial charge on any atom is -0.398 e. The van der Waals surface area contributed by atoms with E-state index >= 15 is 0 Å². The second-order valence-corrected chi connectivity index (χ2v) is 5.24. The maximum Gasteiger partial charge on any atom is 0.0640 e. The van der Waals surface area contributed by atoms with Crippen molar-refractivity contribution < 1.29 is 0 Å². The van der Waals surface area contributed by atoms with Gasteiger partial charge < -0.3 is 10.6 Å². The third-order valence-corrected chi connectivity index (χ3v) is 3.45. The van der Waals surface area contributed by atoms with Gasteiger partial charge in [-0.25, -0.2) is 0 Å². The summed E-state index contributed by atoms with van der Waals surface area (Å²) < 4.78 is 0. The third-order valence-electron chi connectivity index (χ3n) is 3.45. The van der Waals surface area contributed by atoms with Crippen LogP contribution in [0.15, 0.2) is 24.4 Å². The van der Waals surface area contributed by atoms with Gasteiger partial charge in [0.1, 0.15) is 0 Å². The van der Waals surface area contributed by atoms with E-state index in [2.05, 4.69) is 35.9 Å². The summed E-state index contributed by atoms with van der Waals surface area (Å²) in [6.07, 6.45) is 2.33. The van der Waals surface area contributed by atoms with Crippen LogP contribution in [0.3, 0.4) is 0 Å². The van der Waals surface area contributed by atoms with Crippen LogP contribution in [0, 0.1) is 18.3 Å². The van der Waals surface area contributed by atoms with Gasteiger partial charge >= 0.3 is 0 Å². The molecule has 2 rings (SSSR count). The van der Waals surface area contributed by atoms with Crippen LogP contribution in [0.1, 0.15) is 26.0 Å². The lowest BCUT2D eigenvalue weighted by molar-refractivity contribution is 0.689. The SMILES string of the molecule is Cc1cc2c(N(CCC#N)C(C)C)ccc(N)c2cn1. The number of fused-ring (bicyclic) bond motifs is 1. The highest BCUT2D eigenvalue weighted by molar-refractivity contribution is 6.01. The Morgan fingerprint density at radius 2 is 2.10 bits per heavy atom. The third kappa shape index (κ3) is 2.67. The van der Waals surface area contributed by atoms with Gasteiger partial charge in [-0.3, -0.25) is 4.98 Å². The lowest BCUT2D eigenvalue weighted by atomic mass is 10.1. The van der Waals surface area contributed by atoms with Crippen molar-refractivity contribution in [2.75, 3.05) is 17.2 Å². The van der Waals surface area contributed by atoms with Gasteiger partial charge in [-0.1, -0.05) is 0 Å². The predicted molar refractivity (Wildman–Crippen MR) is 83.6 cm³/mol. The monoisotopic (exact) mass is 268 g/mol. The molecular weight excluding hydrogens is 248 g/mol. The minimum absolute atomic E-state index is 0.323. The average molecular weight is 268 g/mol. The molecule has 0 aliphatic carbocycles. The maximum absolute atomic E-state index is 8.84. The first-order valence-corrected chi connectivity index (χ1v) is 6.83. The summed E-state index contributed by atoms with van der Waals surface area (Å²) >= 11 is 0. The molecule has 1 heterocycles. The molecule has 0 aliphatic heterocycles. The average Bonchev–Trinajstić information content (AvgIpc) is 2.41. The van der Waals surface area contributed by atoms with E-state index in [9.17, 15) is 0 Å². The van der Waals surface area contributed by atoms with E-state index in [1.807, 2.05) is 25.3 Å². The van der Waals surface area contributed by atoms with Crippen LogP contribution in [0.5, 0.6) is 0 Å². The molecule has 0 bridgehead atoms. The number of benzene rings is 1. The summed E-state index contributed by atoms with van der Waals surface area (Å²) in [5, 5.41) is 10.9. The van der Waals surface area contributed by atoms with Crippen molar-refractivity contribution in [2.45, 2.75) is 33.2 Å². The quantitative estimate of drug-likeness (QED) is 0.864. The van der Waals surface area contributed by atoms with Gasteiger partial charge in [0, 0.05) is 46.6 Å². The molecule has 1 aromatic carbocycles. The number of rotatable bonds is 4. The second-order valence-electron chi connectivity index (χ2n) is 5.24. The topological polar surface area (TPSA) is 65.9 Å². The number of hydrogen-bond acceptors (Lipinski definition) is 4. The normalized spacial score (nSPS) is 10.8. The van der Waals surface area contributed by atoms with Crippen LogP contribution < -0.4 is 10.6 Å². The van der Waals surface area contributed by atoms with Crippen molar-refractivity contribution in [3.63, 3.8) is 0 Å². The van der Waals surface area contributed by atoms with Crippen LogP contribution in [-0.2, 0) is 0 Å². The van der Waals surface area contributed by atoms with Gasteiger partial charge in [-0.15, -0.1) is 0 Å². The molecule has 0 aliphatic rings. The Morgan fingerprint density at radius 3 is 2.75 bits per heavy atom. The molecule has 104 valence electrons. The Balaban J connectivity index is 2.60. The molecule has 20 heavy (non-hydrogen) atoms. The number of aryl methyl sites for hydroxylation is 1. The molecule has 4 nitrogen and oxygen atoms in total. The van der Waals surface area contributed by atoms with Gasteiger partial charge in [0.05, 0.1) is 12.5 Å². The van der Waals surface area contributed by atoms with Gasteiger partial charge in [0.15, 0.2) is 0 Å². The fraction of sp³-hybridized carbons (Fsp3) is 0.375. The largest absolute Gasteiger partial charge is 0.398 e. The zero-order valence-corrected chi connectivity index (χ0v) is 12.2. The highest BCUT2D eigenvalue weighted by Crippen LogP contribution is 2.32. The highest BCUT2D eigenvalue weighted by atomic mass is 15.1. The van der Waals surface area contributed by atoms with E-state index in [0.717, 1.165) is 27.8 Å². The Bertz CT molecular complexity index is 655. The van der Waals surface area contributed by atoms with E-state index in [1.165, 1.54) is 0 Å². The highest BCUT2D eigenvalue weighted by Gasteiger charge is 2.14. The van der Waals surface area contributed by atoms with Gasteiger partial charge in [0.2, 0.25) is 0 Å². The summed E-state index contributed by atoms with van der Waals surface area (Å²) in [7, 11) is 0. The van der Waals surface area contributed by atoms with E-state index in [0.29, 0.717) is 19.0 Å². The molecule has 0 spiro atoms. The summed E-state index contributed by atoms with van der Waals surface area (Å²) in [6.45, 7) is 6.96. The number of nitrogens with two attached hydrogens (primary N) is 1. The van der Waals surface area contributed by atoms with E-state index in [1.54, 1.807) is 0 Å². The van der Waals surface area contributed by atoms with E-state index < -0.39 is 0 Å². The molecular formula is C16H20N4. The summed E-state index contributed by atoms with van der Waals surface area (Å²) in [5.41, 5.74) is 8.86. The fourth-order valence-corrected chi connectivity index (χ4v) is 2.43.